The highest BCUT2D eigenvalue weighted by Crippen LogP contribution is 2.40. The second-order valence-electron chi connectivity index (χ2n) is 7.37. The smallest absolute Gasteiger partial charge is 0.257 e. The van der Waals surface area contributed by atoms with Crippen LogP contribution in [-0.4, -0.2) is 40.2 Å². The van der Waals surface area contributed by atoms with Gasteiger partial charge in [-0.2, -0.15) is 0 Å². The summed E-state index contributed by atoms with van der Waals surface area (Å²) in [4.78, 5) is 29.2. The van der Waals surface area contributed by atoms with Crippen molar-refractivity contribution >= 4 is 11.8 Å². The normalized spacial score (nSPS) is 19.3. The molecule has 0 bridgehead atoms. The van der Waals surface area contributed by atoms with Gasteiger partial charge in [0, 0.05) is 31.6 Å². The summed E-state index contributed by atoms with van der Waals surface area (Å²) < 4.78 is 5.27. The Bertz CT molecular complexity index is 804. The number of aryl methyl sites for hydroxylation is 1. The van der Waals surface area contributed by atoms with E-state index in [0.29, 0.717) is 37.4 Å². The maximum Gasteiger partial charge on any atom is 0.257 e. The molecule has 5 heteroatoms. The van der Waals surface area contributed by atoms with E-state index in [0.717, 1.165) is 24.8 Å². The largest absolute Gasteiger partial charge is 0.469 e. The number of amides is 2. The fourth-order valence-corrected chi connectivity index (χ4v) is 4.32. The minimum absolute atomic E-state index is 0.0324. The van der Waals surface area contributed by atoms with Gasteiger partial charge in [0.05, 0.1) is 11.8 Å². The average molecular weight is 352 g/mol. The summed E-state index contributed by atoms with van der Waals surface area (Å²) in [6.45, 7) is 3.84. The van der Waals surface area contributed by atoms with E-state index in [4.69, 9.17) is 4.42 Å². The van der Waals surface area contributed by atoms with Gasteiger partial charge in [0.15, 0.2) is 0 Å². The average Bonchev–Trinajstić information content (AvgIpc) is 3.22. The number of benzene rings is 1. The Morgan fingerprint density at radius 2 is 1.85 bits per heavy atom. The van der Waals surface area contributed by atoms with Crippen molar-refractivity contribution in [3.05, 3.63) is 59.5 Å². The molecule has 5 nitrogen and oxygen atoms in total. The van der Waals surface area contributed by atoms with E-state index in [1.165, 1.54) is 0 Å². The molecule has 1 aromatic heterocycles. The number of carbonyl (C=O) groups excluding carboxylic acids is 2. The van der Waals surface area contributed by atoms with Crippen molar-refractivity contribution in [1.82, 2.24) is 9.80 Å². The Morgan fingerprint density at radius 3 is 2.50 bits per heavy atom. The van der Waals surface area contributed by atoms with E-state index in [9.17, 15) is 9.59 Å². The molecule has 1 spiro atoms. The summed E-state index contributed by atoms with van der Waals surface area (Å²) in [5, 5.41) is 0. The highest BCUT2D eigenvalue weighted by molar-refractivity contribution is 5.95. The third-order valence-corrected chi connectivity index (χ3v) is 5.93. The molecule has 3 heterocycles. The predicted octanol–water partition coefficient (Wildman–Crippen LogP) is 3.39. The number of piperidine rings is 1. The molecular weight excluding hydrogens is 328 g/mol. The molecule has 2 aromatic rings. The standard InChI is InChI=1S/C21H24N2O3/c1-16-18(8-14-26-16)20(25)22-12-10-21(11-13-22)9-7-19(24)23(21)15-17-5-3-2-4-6-17/h2-6,8,14H,7,9-13,15H2,1H3. The first-order valence-corrected chi connectivity index (χ1v) is 9.27. The molecule has 0 unspecified atom stereocenters. The Labute approximate surface area is 153 Å². The molecule has 0 saturated carbocycles. The second kappa shape index (κ2) is 6.63. The van der Waals surface area contributed by atoms with Crippen molar-refractivity contribution in [3.8, 4) is 0 Å². The molecule has 1 aromatic carbocycles. The highest BCUT2D eigenvalue weighted by Gasteiger charge is 2.47. The predicted molar refractivity (Wildman–Crippen MR) is 97.5 cm³/mol. The van der Waals surface area contributed by atoms with E-state index in [1.54, 1.807) is 12.3 Å². The fourth-order valence-electron chi connectivity index (χ4n) is 4.32. The molecule has 136 valence electrons. The van der Waals surface area contributed by atoms with Crippen LogP contribution in [0.5, 0.6) is 0 Å². The summed E-state index contributed by atoms with van der Waals surface area (Å²) in [7, 11) is 0. The summed E-state index contributed by atoms with van der Waals surface area (Å²) in [6, 6.07) is 11.9. The number of nitrogens with zero attached hydrogens (tertiary/aromatic N) is 2. The lowest BCUT2D eigenvalue weighted by Crippen LogP contribution is -2.53. The Hall–Kier alpha value is -2.56. The van der Waals surface area contributed by atoms with Gasteiger partial charge < -0.3 is 14.2 Å². The van der Waals surface area contributed by atoms with Gasteiger partial charge in [-0.3, -0.25) is 9.59 Å². The van der Waals surface area contributed by atoms with Crippen LogP contribution in [0.4, 0.5) is 0 Å². The molecule has 0 radical (unpaired) electrons. The van der Waals surface area contributed by atoms with Crippen LogP contribution in [-0.2, 0) is 11.3 Å². The van der Waals surface area contributed by atoms with Crippen LogP contribution < -0.4 is 0 Å². The van der Waals surface area contributed by atoms with E-state index in [1.807, 2.05) is 30.0 Å². The topological polar surface area (TPSA) is 53.8 Å². The molecule has 2 fully saturated rings. The third-order valence-electron chi connectivity index (χ3n) is 5.93. The maximum absolute atomic E-state index is 12.7. The van der Waals surface area contributed by atoms with Gasteiger partial charge in [-0.25, -0.2) is 0 Å². The summed E-state index contributed by atoms with van der Waals surface area (Å²) in [5.74, 6) is 0.932. The summed E-state index contributed by atoms with van der Waals surface area (Å²) >= 11 is 0. The Morgan fingerprint density at radius 1 is 1.12 bits per heavy atom. The van der Waals surface area contributed by atoms with Gasteiger partial charge >= 0.3 is 0 Å². The van der Waals surface area contributed by atoms with Crippen molar-refractivity contribution in [2.24, 2.45) is 0 Å². The quantitative estimate of drug-likeness (QED) is 0.851. The van der Waals surface area contributed by atoms with Crippen LogP contribution >= 0.6 is 0 Å². The first-order valence-electron chi connectivity index (χ1n) is 9.27. The van der Waals surface area contributed by atoms with Crippen molar-refractivity contribution in [3.63, 3.8) is 0 Å². The van der Waals surface area contributed by atoms with Crippen molar-refractivity contribution in [2.45, 2.75) is 44.7 Å². The van der Waals surface area contributed by atoms with Crippen LogP contribution in [0, 0.1) is 6.92 Å². The summed E-state index contributed by atoms with van der Waals surface area (Å²) in [6.07, 6.45) is 4.75. The number of likely N-dealkylation sites (tertiary alicyclic amines) is 2. The van der Waals surface area contributed by atoms with E-state index >= 15 is 0 Å². The Balaban J connectivity index is 1.47. The van der Waals surface area contributed by atoms with Gasteiger partial charge in [-0.05, 0) is 37.8 Å². The van der Waals surface area contributed by atoms with Crippen LogP contribution in [0.3, 0.4) is 0 Å². The first kappa shape index (κ1) is 16.9. The van der Waals surface area contributed by atoms with Gasteiger partial charge in [0.2, 0.25) is 5.91 Å². The number of furan rings is 1. The highest BCUT2D eigenvalue weighted by atomic mass is 16.3. The van der Waals surface area contributed by atoms with Crippen molar-refractivity contribution in [2.75, 3.05) is 13.1 Å². The minimum Gasteiger partial charge on any atom is -0.469 e. The van der Waals surface area contributed by atoms with Gasteiger partial charge in [-0.1, -0.05) is 30.3 Å². The minimum atomic E-state index is -0.102. The third kappa shape index (κ3) is 2.91. The zero-order valence-corrected chi connectivity index (χ0v) is 15.1. The number of rotatable bonds is 3. The Kier molecular flexibility index (Phi) is 4.31. The SMILES string of the molecule is Cc1occc1C(=O)N1CCC2(CCC(=O)N2Cc2ccccc2)CC1. The molecular formula is C21H24N2O3. The van der Waals surface area contributed by atoms with E-state index in [-0.39, 0.29) is 17.4 Å². The lowest BCUT2D eigenvalue weighted by Gasteiger charge is -2.45. The molecule has 26 heavy (non-hydrogen) atoms. The van der Waals surface area contributed by atoms with Crippen molar-refractivity contribution < 1.29 is 14.0 Å². The van der Waals surface area contributed by atoms with Crippen molar-refractivity contribution in [1.29, 1.82) is 0 Å². The fraction of sp³-hybridized carbons (Fsp3) is 0.429. The first-order chi connectivity index (χ1) is 12.6. The number of carbonyl (C=O) groups is 2. The second-order valence-corrected chi connectivity index (χ2v) is 7.37. The van der Waals surface area contributed by atoms with E-state index in [2.05, 4.69) is 17.0 Å². The molecule has 0 atom stereocenters. The van der Waals surface area contributed by atoms with Gasteiger partial charge in [0.1, 0.15) is 5.76 Å². The van der Waals surface area contributed by atoms with Gasteiger partial charge in [-0.15, -0.1) is 0 Å². The zero-order valence-electron chi connectivity index (χ0n) is 15.1. The monoisotopic (exact) mass is 352 g/mol. The molecule has 0 aliphatic carbocycles. The number of hydrogen-bond donors (Lipinski definition) is 0. The molecule has 0 N–H and O–H groups in total. The van der Waals surface area contributed by atoms with Crippen LogP contribution in [0.15, 0.2) is 47.1 Å². The number of hydrogen-bond acceptors (Lipinski definition) is 3. The molecule has 4 rings (SSSR count). The molecule has 2 saturated heterocycles. The summed E-state index contributed by atoms with van der Waals surface area (Å²) in [5.41, 5.74) is 1.70. The van der Waals surface area contributed by atoms with Gasteiger partial charge in [0.25, 0.3) is 5.91 Å². The molecule has 2 aliphatic heterocycles. The molecule has 2 aliphatic rings. The molecule has 2 amide bonds. The van der Waals surface area contributed by atoms with Crippen LogP contribution in [0.25, 0.3) is 0 Å². The van der Waals surface area contributed by atoms with Crippen LogP contribution in [0.1, 0.15) is 47.4 Å². The van der Waals surface area contributed by atoms with Crippen LogP contribution in [0.2, 0.25) is 0 Å². The maximum atomic E-state index is 12.7. The lowest BCUT2D eigenvalue weighted by molar-refractivity contribution is -0.133. The zero-order chi connectivity index (χ0) is 18.1. The lowest BCUT2D eigenvalue weighted by atomic mass is 9.84. The van der Waals surface area contributed by atoms with E-state index < -0.39 is 0 Å².